The summed E-state index contributed by atoms with van der Waals surface area (Å²) in [5, 5.41) is 8.61. The van der Waals surface area contributed by atoms with Gasteiger partial charge < -0.3 is 20.5 Å². The van der Waals surface area contributed by atoms with E-state index in [-0.39, 0.29) is 12.7 Å². The van der Waals surface area contributed by atoms with E-state index in [4.69, 9.17) is 15.6 Å². The van der Waals surface area contributed by atoms with Crippen LogP contribution in [0.25, 0.3) is 0 Å². The molecule has 3 N–H and O–H groups in total. The van der Waals surface area contributed by atoms with Crippen molar-refractivity contribution in [2.45, 2.75) is 25.9 Å². The third kappa shape index (κ3) is 3.91. The Labute approximate surface area is 122 Å². The Morgan fingerprint density at radius 2 is 2.10 bits per heavy atom. The Bertz CT molecular complexity index is 539. The predicted octanol–water partition coefficient (Wildman–Crippen LogP) is 0.559. The standard InChI is InChI=1S/C14H19N3O4/c1-9-2-3-11(13(15)20)14(16-9)17-6-4-10(5-7-17)21-8-12(18)19/h2-3,10H,4-8H2,1H3,(H2,15,20)(H,18,19). The summed E-state index contributed by atoms with van der Waals surface area (Å²) in [6.07, 6.45) is 1.32. The van der Waals surface area contributed by atoms with E-state index in [0.29, 0.717) is 37.3 Å². The number of nitrogens with two attached hydrogens (primary N) is 1. The average Bonchev–Trinajstić information content (AvgIpc) is 2.45. The van der Waals surface area contributed by atoms with Crippen molar-refractivity contribution < 1.29 is 19.4 Å². The van der Waals surface area contributed by atoms with Crippen molar-refractivity contribution in [3.63, 3.8) is 0 Å². The molecule has 1 fully saturated rings. The third-order valence-electron chi connectivity index (χ3n) is 3.46. The quantitative estimate of drug-likeness (QED) is 0.821. The summed E-state index contributed by atoms with van der Waals surface area (Å²) in [7, 11) is 0. The van der Waals surface area contributed by atoms with Gasteiger partial charge in [0.1, 0.15) is 12.4 Å². The number of nitrogens with zero attached hydrogens (tertiary/aromatic N) is 2. The van der Waals surface area contributed by atoms with Gasteiger partial charge in [0.15, 0.2) is 0 Å². The van der Waals surface area contributed by atoms with Crippen LogP contribution < -0.4 is 10.6 Å². The highest BCUT2D eigenvalue weighted by Crippen LogP contribution is 2.23. The molecule has 1 amide bonds. The van der Waals surface area contributed by atoms with E-state index in [0.717, 1.165) is 5.69 Å². The van der Waals surface area contributed by atoms with Gasteiger partial charge in [0.2, 0.25) is 0 Å². The molecule has 0 unspecified atom stereocenters. The molecule has 7 nitrogen and oxygen atoms in total. The lowest BCUT2D eigenvalue weighted by atomic mass is 10.1. The number of rotatable bonds is 5. The second-order valence-corrected chi connectivity index (χ2v) is 5.08. The van der Waals surface area contributed by atoms with Gasteiger partial charge in [0.05, 0.1) is 11.7 Å². The van der Waals surface area contributed by atoms with Crippen molar-refractivity contribution in [3.8, 4) is 0 Å². The zero-order valence-electron chi connectivity index (χ0n) is 11.9. The minimum absolute atomic E-state index is 0.0702. The Morgan fingerprint density at radius 1 is 1.43 bits per heavy atom. The molecular weight excluding hydrogens is 274 g/mol. The summed E-state index contributed by atoms with van der Waals surface area (Å²) in [6.45, 7) is 2.89. The van der Waals surface area contributed by atoms with Gasteiger partial charge in [-0.05, 0) is 31.9 Å². The molecule has 0 radical (unpaired) electrons. The van der Waals surface area contributed by atoms with Gasteiger partial charge in [0, 0.05) is 18.8 Å². The van der Waals surface area contributed by atoms with Crippen molar-refractivity contribution in [1.82, 2.24) is 4.98 Å². The van der Waals surface area contributed by atoms with Crippen LogP contribution >= 0.6 is 0 Å². The van der Waals surface area contributed by atoms with E-state index in [1.807, 2.05) is 11.8 Å². The minimum atomic E-state index is -0.964. The fourth-order valence-corrected chi connectivity index (χ4v) is 2.40. The van der Waals surface area contributed by atoms with Gasteiger partial charge >= 0.3 is 5.97 Å². The molecule has 7 heteroatoms. The molecule has 1 aromatic rings. The maximum Gasteiger partial charge on any atom is 0.329 e. The lowest BCUT2D eigenvalue weighted by Gasteiger charge is -2.33. The molecule has 0 saturated carbocycles. The van der Waals surface area contributed by atoms with E-state index in [2.05, 4.69) is 4.98 Å². The number of aromatic nitrogens is 1. The number of primary amides is 1. The summed E-state index contributed by atoms with van der Waals surface area (Å²) in [4.78, 5) is 28.4. The number of carbonyl (C=O) groups excluding carboxylic acids is 1. The second-order valence-electron chi connectivity index (χ2n) is 5.08. The van der Waals surface area contributed by atoms with Crippen LogP contribution in [0.4, 0.5) is 5.82 Å². The Morgan fingerprint density at radius 3 is 2.67 bits per heavy atom. The fourth-order valence-electron chi connectivity index (χ4n) is 2.40. The van der Waals surface area contributed by atoms with Crippen LogP contribution in [0.15, 0.2) is 12.1 Å². The van der Waals surface area contributed by atoms with Gasteiger partial charge in [-0.15, -0.1) is 0 Å². The molecule has 1 aliphatic rings. The zero-order chi connectivity index (χ0) is 15.4. The number of carbonyl (C=O) groups is 2. The maximum atomic E-state index is 11.5. The number of piperidine rings is 1. The van der Waals surface area contributed by atoms with Crippen molar-refractivity contribution >= 4 is 17.7 Å². The molecule has 0 spiro atoms. The van der Waals surface area contributed by atoms with Crippen molar-refractivity contribution in [3.05, 3.63) is 23.4 Å². The molecule has 0 atom stereocenters. The van der Waals surface area contributed by atoms with Crippen LogP contribution in [-0.2, 0) is 9.53 Å². The Hall–Kier alpha value is -2.15. The number of amides is 1. The smallest absolute Gasteiger partial charge is 0.329 e. The number of carboxylic acid groups (broad SMARTS) is 1. The van der Waals surface area contributed by atoms with E-state index in [1.54, 1.807) is 12.1 Å². The van der Waals surface area contributed by atoms with E-state index in [1.165, 1.54) is 0 Å². The third-order valence-corrected chi connectivity index (χ3v) is 3.46. The lowest BCUT2D eigenvalue weighted by Crippen LogP contribution is -2.39. The number of carboxylic acids is 1. The highest BCUT2D eigenvalue weighted by molar-refractivity contribution is 5.97. The van der Waals surface area contributed by atoms with Crippen LogP contribution in [0.2, 0.25) is 0 Å². The van der Waals surface area contributed by atoms with Crippen molar-refractivity contribution in [2.75, 3.05) is 24.6 Å². The molecule has 1 saturated heterocycles. The largest absolute Gasteiger partial charge is 0.480 e. The van der Waals surface area contributed by atoms with E-state index < -0.39 is 11.9 Å². The number of anilines is 1. The van der Waals surface area contributed by atoms with Gasteiger partial charge in [-0.2, -0.15) is 0 Å². The summed E-state index contributed by atoms with van der Waals surface area (Å²) in [6, 6.07) is 3.44. The number of aliphatic carboxylic acids is 1. The average molecular weight is 293 g/mol. The molecule has 2 rings (SSSR count). The van der Waals surface area contributed by atoms with E-state index >= 15 is 0 Å². The molecule has 0 aliphatic carbocycles. The molecule has 0 bridgehead atoms. The molecule has 21 heavy (non-hydrogen) atoms. The summed E-state index contributed by atoms with van der Waals surface area (Å²) in [5.41, 5.74) is 6.61. The fraction of sp³-hybridized carbons (Fsp3) is 0.500. The highest BCUT2D eigenvalue weighted by atomic mass is 16.5. The summed E-state index contributed by atoms with van der Waals surface area (Å²) < 4.78 is 5.29. The van der Waals surface area contributed by atoms with Gasteiger partial charge in [-0.1, -0.05) is 0 Å². The predicted molar refractivity (Wildman–Crippen MR) is 76.3 cm³/mol. The molecule has 2 heterocycles. The Balaban J connectivity index is 2.03. The van der Waals surface area contributed by atoms with Gasteiger partial charge in [-0.3, -0.25) is 4.79 Å². The van der Waals surface area contributed by atoms with Crippen LogP contribution in [0.5, 0.6) is 0 Å². The highest BCUT2D eigenvalue weighted by Gasteiger charge is 2.24. The second kappa shape index (κ2) is 6.53. The first kappa shape index (κ1) is 15.2. The molecular formula is C14H19N3O4. The van der Waals surface area contributed by atoms with E-state index in [9.17, 15) is 9.59 Å². The van der Waals surface area contributed by atoms with Crippen LogP contribution in [0.3, 0.4) is 0 Å². The lowest BCUT2D eigenvalue weighted by molar-refractivity contribution is -0.144. The summed E-state index contributed by atoms with van der Waals surface area (Å²) in [5.74, 6) is -0.866. The number of pyridine rings is 1. The number of aryl methyl sites for hydroxylation is 1. The van der Waals surface area contributed by atoms with Crippen LogP contribution in [-0.4, -0.2) is 47.8 Å². The van der Waals surface area contributed by atoms with Gasteiger partial charge in [-0.25, -0.2) is 9.78 Å². The SMILES string of the molecule is Cc1ccc(C(N)=O)c(N2CCC(OCC(=O)O)CC2)n1. The maximum absolute atomic E-state index is 11.5. The van der Waals surface area contributed by atoms with Crippen molar-refractivity contribution in [2.24, 2.45) is 5.73 Å². The number of ether oxygens (including phenoxy) is 1. The zero-order valence-corrected chi connectivity index (χ0v) is 11.9. The van der Waals surface area contributed by atoms with Crippen molar-refractivity contribution in [1.29, 1.82) is 0 Å². The van der Waals surface area contributed by atoms with Crippen LogP contribution in [0, 0.1) is 6.92 Å². The first-order chi connectivity index (χ1) is 9.97. The first-order valence-electron chi connectivity index (χ1n) is 6.83. The number of hydrogen-bond donors (Lipinski definition) is 2. The molecule has 114 valence electrons. The Kier molecular flexibility index (Phi) is 4.74. The normalized spacial score (nSPS) is 16.0. The first-order valence-corrected chi connectivity index (χ1v) is 6.83. The summed E-state index contributed by atoms with van der Waals surface area (Å²) >= 11 is 0. The molecule has 1 aromatic heterocycles. The molecule has 1 aliphatic heterocycles. The monoisotopic (exact) mass is 293 g/mol. The topological polar surface area (TPSA) is 106 Å². The molecule has 0 aromatic carbocycles. The van der Waals surface area contributed by atoms with Gasteiger partial charge in [0.25, 0.3) is 5.91 Å². The number of hydrogen-bond acceptors (Lipinski definition) is 5. The minimum Gasteiger partial charge on any atom is -0.480 e. The van der Waals surface area contributed by atoms with Crippen LogP contribution in [0.1, 0.15) is 28.9 Å².